The van der Waals surface area contributed by atoms with Crippen LogP contribution in [0.15, 0.2) is 194 Å². The van der Waals surface area contributed by atoms with E-state index in [2.05, 4.69) is 204 Å². The molecule has 1 aromatic heterocycles. The summed E-state index contributed by atoms with van der Waals surface area (Å²) in [6.07, 6.45) is 0. The minimum Gasteiger partial charge on any atom is -0.457 e. The van der Waals surface area contributed by atoms with E-state index in [4.69, 9.17) is 4.74 Å². The number of hydrogen-bond acceptors (Lipinski definition) is 2. The second-order valence-corrected chi connectivity index (χ2v) is 13.7. The van der Waals surface area contributed by atoms with E-state index in [0.717, 1.165) is 45.4 Å². The molecule has 2 aliphatic rings. The molecule has 1 spiro atoms. The molecule has 52 heavy (non-hydrogen) atoms. The summed E-state index contributed by atoms with van der Waals surface area (Å²) in [5.74, 6) is 1.79. The summed E-state index contributed by atoms with van der Waals surface area (Å²) in [6.45, 7) is 0. The van der Waals surface area contributed by atoms with Crippen LogP contribution in [0.4, 0.5) is 17.1 Å². The van der Waals surface area contributed by atoms with Crippen LogP contribution in [-0.2, 0) is 5.41 Å². The van der Waals surface area contributed by atoms with Crippen molar-refractivity contribution in [2.75, 3.05) is 4.90 Å². The van der Waals surface area contributed by atoms with Crippen molar-refractivity contribution in [1.82, 2.24) is 4.57 Å². The number of nitrogens with zero attached hydrogens (tertiary/aromatic N) is 2. The van der Waals surface area contributed by atoms with Crippen LogP contribution in [0.1, 0.15) is 22.3 Å². The standard InChI is InChI=1S/C49H32N2O/c1-2-16-33(17-3-1)50(34-18-14-19-35(32-34)51-43-27-10-5-20-36(43)37-21-6-11-28-44(37)51)45-29-15-26-42-48(45)38-22-4-7-23-39(38)49(42)40-24-8-12-30-46(40)52-47-31-13-9-25-41(47)49/h1-32H. The molecule has 8 aromatic carbocycles. The van der Waals surface area contributed by atoms with Gasteiger partial charge in [0.2, 0.25) is 0 Å². The predicted octanol–water partition coefficient (Wildman–Crippen LogP) is 12.7. The van der Waals surface area contributed by atoms with Crippen LogP contribution in [0.3, 0.4) is 0 Å². The topological polar surface area (TPSA) is 17.4 Å². The van der Waals surface area contributed by atoms with Crippen molar-refractivity contribution >= 4 is 38.9 Å². The fourth-order valence-electron chi connectivity index (χ4n) is 9.05. The normalized spacial score (nSPS) is 13.3. The lowest BCUT2D eigenvalue weighted by Crippen LogP contribution is -2.32. The molecule has 244 valence electrons. The molecule has 0 unspecified atom stereocenters. The average Bonchev–Trinajstić information content (AvgIpc) is 3.70. The molecule has 2 heterocycles. The van der Waals surface area contributed by atoms with E-state index >= 15 is 0 Å². The summed E-state index contributed by atoms with van der Waals surface area (Å²) in [6, 6.07) is 70.1. The first-order valence-electron chi connectivity index (χ1n) is 17.9. The highest BCUT2D eigenvalue weighted by atomic mass is 16.5. The molecule has 0 N–H and O–H groups in total. The first-order valence-corrected chi connectivity index (χ1v) is 17.9. The predicted molar refractivity (Wildman–Crippen MR) is 213 cm³/mol. The minimum atomic E-state index is -0.541. The van der Waals surface area contributed by atoms with Crippen LogP contribution in [0.5, 0.6) is 11.5 Å². The summed E-state index contributed by atoms with van der Waals surface area (Å²) in [7, 11) is 0. The van der Waals surface area contributed by atoms with Crippen molar-refractivity contribution in [1.29, 1.82) is 0 Å². The van der Waals surface area contributed by atoms with Gasteiger partial charge in [0.15, 0.2) is 0 Å². The second-order valence-electron chi connectivity index (χ2n) is 13.7. The molecule has 0 saturated carbocycles. The summed E-state index contributed by atoms with van der Waals surface area (Å²) >= 11 is 0. The number of aromatic nitrogens is 1. The Kier molecular flexibility index (Phi) is 6.17. The molecule has 0 saturated heterocycles. The fourth-order valence-corrected chi connectivity index (χ4v) is 9.05. The molecule has 11 rings (SSSR count). The number of para-hydroxylation sites is 5. The molecule has 1 aliphatic carbocycles. The highest BCUT2D eigenvalue weighted by Crippen LogP contribution is 2.64. The van der Waals surface area contributed by atoms with Crippen LogP contribution >= 0.6 is 0 Å². The van der Waals surface area contributed by atoms with E-state index in [1.165, 1.54) is 44.1 Å². The van der Waals surface area contributed by atoms with Crippen LogP contribution in [0.25, 0.3) is 38.6 Å². The monoisotopic (exact) mass is 664 g/mol. The van der Waals surface area contributed by atoms with E-state index in [-0.39, 0.29) is 0 Å². The van der Waals surface area contributed by atoms with E-state index < -0.39 is 5.41 Å². The first-order chi connectivity index (χ1) is 25.8. The number of rotatable bonds is 4. The van der Waals surface area contributed by atoms with Gasteiger partial charge in [0.05, 0.1) is 22.1 Å². The van der Waals surface area contributed by atoms with Crippen molar-refractivity contribution in [2.24, 2.45) is 0 Å². The van der Waals surface area contributed by atoms with Gasteiger partial charge in [-0.25, -0.2) is 0 Å². The number of anilines is 3. The third-order valence-corrected chi connectivity index (χ3v) is 11.0. The molecule has 3 heteroatoms. The van der Waals surface area contributed by atoms with Crippen LogP contribution < -0.4 is 9.64 Å². The van der Waals surface area contributed by atoms with Gasteiger partial charge in [-0.15, -0.1) is 0 Å². The smallest absolute Gasteiger partial charge is 0.132 e. The zero-order chi connectivity index (χ0) is 34.2. The van der Waals surface area contributed by atoms with Gasteiger partial charge in [-0.3, -0.25) is 0 Å². The second kappa shape index (κ2) is 11.1. The molecule has 0 amide bonds. The third-order valence-electron chi connectivity index (χ3n) is 11.0. The van der Waals surface area contributed by atoms with Crippen molar-refractivity contribution in [3.63, 3.8) is 0 Å². The Bertz CT molecular complexity index is 2750. The van der Waals surface area contributed by atoms with Crippen molar-refractivity contribution in [3.8, 4) is 28.3 Å². The molecular formula is C49H32N2O. The van der Waals surface area contributed by atoms with Gasteiger partial charge in [0, 0.05) is 44.5 Å². The van der Waals surface area contributed by atoms with E-state index in [1.54, 1.807) is 0 Å². The maximum Gasteiger partial charge on any atom is 0.132 e. The molecule has 9 aromatic rings. The van der Waals surface area contributed by atoms with E-state index in [1.807, 2.05) is 0 Å². The molecule has 1 aliphatic heterocycles. The Hall–Kier alpha value is -6.84. The maximum absolute atomic E-state index is 6.61. The van der Waals surface area contributed by atoms with Crippen molar-refractivity contribution in [3.05, 3.63) is 216 Å². The minimum absolute atomic E-state index is 0.541. The first kappa shape index (κ1) is 28.9. The van der Waals surface area contributed by atoms with Gasteiger partial charge in [-0.2, -0.15) is 0 Å². The van der Waals surface area contributed by atoms with Crippen LogP contribution in [-0.4, -0.2) is 4.57 Å². The lowest BCUT2D eigenvalue weighted by molar-refractivity contribution is 0.436. The van der Waals surface area contributed by atoms with Crippen LogP contribution in [0.2, 0.25) is 0 Å². The lowest BCUT2D eigenvalue weighted by atomic mass is 9.66. The Morgan fingerprint density at radius 3 is 1.67 bits per heavy atom. The maximum atomic E-state index is 6.61. The highest BCUT2D eigenvalue weighted by Gasteiger charge is 2.51. The fraction of sp³-hybridized carbons (Fsp3) is 0.0204. The Morgan fingerprint density at radius 2 is 0.962 bits per heavy atom. The van der Waals surface area contributed by atoms with Crippen LogP contribution in [0, 0.1) is 0 Å². The molecule has 0 atom stereocenters. The molecular weight excluding hydrogens is 633 g/mol. The SMILES string of the molecule is c1ccc(N(c2cccc(-n3c4ccccc4c4ccccc43)c2)c2cccc3c2-c2ccccc2C32c3ccccc3Oc3ccccc32)cc1. The van der Waals surface area contributed by atoms with Gasteiger partial charge in [-0.1, -0.05) is 133 Å². The van der Waals surface area contributed by atoms with Gasteiger partial charge in [0.25, 0.3) is 0 Å². The largest absolute Gasteiger partial charge is 0.457 e. The van der Waals surface area contributed by atoms with Gasteiger partial charge in [-0.05, 0) is 77.4 Å². The number of benzene rings is 8. The zero-order valence-corrected chi connectivity index (χ0v) is 28.3. The summed E-state index contributed by atoms with van der Waals surface area (Å²) in [4.78, 5) is 2.43. The van der Waals surface area contributed by atoms with E-state index in [0.29, 0.717) is 0 Å². The Balaban J connectivity index is 1.20. The van der Waals surface area contributed by atoms with Crippen molar-refractivity contribution < 1.29 is 4.74 Å². The zero-order valence-electron chi connectivity index (χ0n) is 28.3. The lowest BCUT2D eigenvalue weighted by Gasteiger charge is -2.39. The highest BCUT2D eigenvalue weighted by molar-refractivity contribution is 6.09. The number of hydrogen-bond donors (Lipinski definition) is 0. The van der Waals surface area contributed by atoms with Gasteiger partial charge in [0.1, 0.15) is 11.5 Å². The van der Waals surface area contributed by atoms with E-state index in [9.17, 15) is 0 Å². The summed E-state index contributed by atoms with van der Waals surface area (Å²) < 4.78 is 9.00. The molecule has 0 fully saturated rings. The molecule has 0 radical (unpaired) electrons. The number of ether oxygens (including phenoxy) is 1. The van der Waals surface area contributed by atoms with Crippen molar-refractivity contribution in [2.45, 2.75) is 5.41 Å². The average molecular weight is 665 g/mol. The van der Waals surface area contributed by atoms with Gasteiger partial charge >= 0.3 is 0 Å². The quantitative estimate of drug-likeness (QED) is 0.186. The Morgan fingerprint density at radius 1 is 0.423 bits per heavy atom. The Labute approximate surface area is 302 Å². The number of fused-ring (bicyclic) bond motifs is 12. The summed E-state index contributed by atoms with van der Waals surface area (Å²) in [5, 5.41) is 2.51. The third kappa shape index (κ3) is 3.91. The molecule has 3 nitrogen and oxygen atoms in total. The summed E-state index contributed by atoms with van der Waals surface area (Å²) in [5.41, 5.74) is 13.6. The molecule has 0 bridgehead atoms. The van der Waals surface area contributed by atoms with Gasteiger partial charge < -0.3 is 14.2 Å².